The molecule has 0 spiro atoms. The maximum atomic E-state index is 14.6. The molecule has 0 radical (unpaired) electrons. The van der Waals surface area contributed by atoms with Crippen LogP contribution in [0.4, 0.5) is 4.79 Å². The lowest BCUT2D eigenvalue weighted by atomic mass is 9.84. The first-order valence-electron chi connectivity index (χ1n) is 22.6. The highest BCUT2D eigenvalue weighted by molar-refractivity contribution is 7.10. The highest BCUT2D eigenvalue weighted by atomic mass is 32.1. The zero-order valence-electron chi connectivity index (χ0n) is 38.8. The molecule has 7 rings (SSSR count). The van der Waals surface area contributed by atoms with Gasteiger partial charge in [-0.1, -0.05) is 45.4 Å². The van der Waals surface area contributed by atoms with Crippen molar-refractivity contribution in [2.24, 2.45) is 17.1 Å². The molecule has 64 heavy (non-hydrogen) atoms. The standard InChI is InChI=1S/C48H65N9O6S/c1-10-30-18-21-55(25-35(30)49)47(61)54(8)42(28(3)4)44(58)52-37-23-40-51-38(26-64-40)31-16-17-39-33(22-31)34(43(56(39)11-2)32-14-12-19-50-41(32)29(5)62-9)24-48(6,7)27-63-46(60)36-15-13-20-57(53-36)45(37)59/h10,12,14,16-17,19,22,26,28-29,35-37,42,53H,11,13,15,18,20-21,23-25,27,49H2,1-9H3,(H,52,58)/b30-10-/t29-,35+,36-,37-,42?/m0/s1. The lowest BCUT2D eigenvalue weighted by Gasteiger charge is -2.39. The Morgan fingerprint density at radius 1 is 1.19 bits per heavy atom. The second kappa shape index (κ2) is 19.5. The number of ether oxygens (including phenoxy) is 2. The predicted octanol–water partition coefficient (Wildman–Crippen LogP) is 6.26. The molecule has 15 nitrogen and oxygen atoms in total. The summed E-state index contributed by atoms with van der Waals surface area (Å²) in [6, 6.07) is 7.15. The van der Waals surface area contributed by atoms with Crippen LogP contribution >= 0.6 is 11.3 Å². The SMILES string of the molecule is C/C=C1/CCN(C(=O)N(C)C(C(=O)N[C@H]2Cc3nc(cs3)-c3ccc4c(c3)c(c(-c3cccnc3[C@H](C)OC)n4CC)CC(C)(C)COC(=O)[C@@H]3CCCN(N3)C2=O)C(C)C)C[C@H]1N. The zero-order chi connectivity index (χ0) is 46.0. The summed E-state index contributed by atoms with van der Waals surface area (Å²) in [4.78, 5) is 69.9. The van der Waals surface area contributed by atoms with Crippen molar-refractivity contribution in [2.45, 2.75) is 117 Å². The Labute approximate surface area is 380 Å². The van der Waals surface area contributed by atoms with Crippen LogP contribution in [0.25, 0.3) is 33.4 Å². The molecule has 1 unspecified atom stereocenters. The quantitative estimate of drug-likeness (QED) is 0.135. The van der Waals surface area contributed by atoms with Gasteiger partial charge in [-0.05, 0) is 82.2 Å². The minimum atomic E-state index is -1.06. The van der Waals surface area contributed by atoms with E-state index in [0.29, 0.717) is 56.9 Å². The number of nitrogens with zero attached hydrogens (tertiary/aromatic N) is 6. The van der Waals surface area contributed by atoms with E-state index in [9.17, 15) is 19.2 Å². The van der Waals surface area contributed by atoms with Crippen LogP contribution in [-0.2, 0) is 43.2 Å². The van der Waals surface area contributed by atoms with Crippen molar-refractivity contribution in [2.75, 3.05) is 40.4 Å². The molecule has 344 valence electrons. The summed E-state index contributed by atoms with van der Waals surface area (Å²) in [6.45, 7) is 16.1. The number of benzene rings is 1. The van der Waals surface area contributed by atoms with Crippen LogP contribution in [0.3, 0.4) is 0 Å². The number of fused-ring (bicyclic) bond motifs is 6. The highest BCUT2D eigenvalue weighted by Crippen LogP contribution is 2.42. The number of aromatic nitrogens is 3. The number of pyridine rings is 1. The largest absolute Gasteiger partial charge is 0.464 e. The van der Waals surface area contributed by atoms with E-state index in [1.165, 1.54) is 21.2 Å². The van der Waals surface area contributed by atoms with Crippen molar-refractivity contribution in [3.8, 4) is 22.5 Å². The van der Waals surface area contributed by atoms with Gasteiger partial charge in [0.2, 0.25) is 5.91 Å². The molecule has 4 amide bonds. The van der Waals surface area contributed by atoms with Crippen molar-refractivity contribution >= 4 is 46.1 Å². The summed E-state index contributed by atoms with van der Waals surface area (Å²) in [7, 11) is 3.31. The number of likely N-dealkylation sites (N-methyl/N-ethyl adjacent to an activating group) is 1. The summed E-state index contributed by atoms with van der Waals surface area (Å²) in [5.74, 6) is -1.59. The average molecular weight is 896 g/mol. The first-order valence-corrected chi connectivity index (χ1v) is 23.5. The average Bonchev–Trinajstić information content (AvgIpc) is 3.88. The molecule has 3 aliphatic heterocycles. The number of likely N-dealkylation sites (tertiary alicyclic amines) is 1. The minimum absolute atomic E-state index is 0.0949. The van der Waals surface area contributed by atoms with E-state index in [1.807, 2.05) is 45.2 Å². The third kappa shape index (κ3) is 9.60. The molecular weight excluding hydrogens is 831 g/mol. The molecule has 6 bridgehead atoms. The molecule has 4 N–H and O–H groups in total. The first kappa shape index (κ1) is 46.8. The Morgan fingerprint density at radius 3 is 2.67 bits per heavy atom. The molecule has 5 atom stereocenters. The Bertz CT molecular complexity index is 2410. The highest BCUT2D eigenvalue weighted by Gasteiger charge is 2.39. The van der Waals surface area contributed by atoms with Gasteiger partial charge < -0.3 is 34.9 Å². The molecule has 0 aliphatic carbocycles. The van der Waals surface area contributed by atoms with Gasteiger partial charge in [0, 0.05) is 91.8 Å². The van der Waals surface area contributed by atoms with E-state index >= 15 is 0 Å². The van der Waals surface area contributed by atoms with Gasteiger partial charge in [0.25, 0.3) is 5.91 Å². The molecule has 16 heteroatoms. The number of urea groups is 1. The van der Waals surface area contributed by atoms with E-state index in [2.05, 4.69) is 60.3 Å². The topological polar surface area (TPSA) is 177 Å². The molecule has 0 saturated carbocycles. The summed E-state index contributed by atoms with van der Waals surface area (Å²) in [6.07, 6.45) is 5.92. The second-order valence-electron chi connectivity index (χ2n) is 18.5. The molecule has 3 aliphatic rings. The van der Waals surface area contributed by atoms with Gasteiger partial charge in [0.15, 0.2) is 0 Å². The van der Waals surface area contributed by atoms with Crippen LogP contribution in [-0.4, -0.2) is 118 Å². The third-order valence-electron chi connectivity index (χ3n) is 13.0. The number of nitrogens with one attached hydrogen (secondary N) is 2. The molecule has 2 saturated heterocycles. The fourth-order valence-corrected chi connectivity index (χ4v) is 10.4. The number of hydrogen-bond donors (Lipinski definition) is 3. The summed E-state index contributed by atoms with van der Waals surface area (Å²) < 4.78 is 14.2. The number of allylic oxidation sites excluding steroid dienone is 1. The van der Waals surface area contributed by atoms with Crippen molar-refractivity contribution in [3.05, 3.63) is 69.8 Å². The maximum absolute atomic E-state index is 14.6. The number of piperidine rings is 1. The number of hydrazine groups is 1. The number of aryl methyl sites for hydroxylation is 1. The number of amides is 4. The molecule has 2 fully saturated rings. The Hall–Kier alpha value is -5.16. The fourth-order valence-electron chi connectivity index (χ4n) is 9.52. The van der Waals surface area contributed by atoms with E-state index in [-0.39, 0.29) is 37.1 Å². The number of cyclic esters (lactones) is 1. The first-order chi connectivity index (χ1) is 30.5. The normalized spacial score (nSPS) is 22.3. The van der Waals surface area contributed by atoms with Crippen molar-refractivity contribution < 1.29 is 28.7 Å². The summed E-state index contributed by atoms with van der Waals surface area (Å²) in [5, 5.41) is 8.17. The van der Waals surface area contributed by atoms with Gasteiger partial charge in [-0.3, -0.25) is 24.4 Å². The zero-order valence-corrected chi connectivity index (χ0v) is 39.6. The van der Waals surface area contributed by atoms with E-state index in [4.69, 9.17) is 25.2 Å². The van der Waals surface area contributed by atoms with Crippen LogP contribution in [0.5, 0.6) is 0 Å². The van der Waals surface area contributed by atoms with Crippen molar-refractivity contribution in [1.29, 1.82) is 0 Å². The van der Waals surface area contributed by atoms with Gasteiger partial charge in [0.05, 0.1) is 34.8 Å². The molecule has 1 aromatic carbocycles. The summed E-state index contributed by atoms with van der Waals surface area (Å²) >= 11 is 1.42. The number of esters is 1. The number of hydrogen-bond acceptors (Lipinski definition) is 11. The molecule has 4 aromatic rings. The van der Waals surface area contributed by atoms with Crippen LogP contribution in [0.2, 0.25) is 0 Å². The van der Waals surface area contributed by atoms with Gasteiger partial charge in [-0.2, -0.15) is 0 Å². The Balaban J connectivity index is 1.27. The van der Waals surface area contributed by atoms with Crippen LogP contribution < -0.4 is 16.5 Å². The van der Waals surface area contributed by atoms with E-state index < -0.39 is 41.3 Å². The van der Waals surface area contributed by atoms with Crippen molar-refractivity contribution in [1.82, 2.24) is 40.1 Å². The van der Waals surface area contributed by atoms with Crippen molar-refractivity contribution in [3.63, 3.8) is 0 Å². The van der Waals surface area contributed by atoms with E-state index in [1.54, 1.807) is 25.3 Å². The number of carbonyl (C=O) groups is 4. The van der Waals surface area contributed by atoms with Gasteiger partial charge >= 0.3 is 12.0 Å². The van der Waals surface area contributed by atoms with Gasteiger partial charge in [0.1, 0.15) is 18.1 Å². The number of methoxy groups -OCH3 is 1. The summed E-state index contributed by atoms with van der Waals surface area (Å²) in [5.41, 5.74) is 16.8. The number of carbonyl (C=O) groups excluding carboxylic acids is 4. The molecule has 3 aromatic heterocycles. The lowest BCUT2D eigenvalue weighted by Crippen LogP contribution is -2.62. The van der Waals surface area contributed by atoms with Crippen LogP contribution in [0.1, 0.15) is 90.1 Å². The fraction of sp³-hybridized carbons (Fsp3) is 0.542. The smallest absolute Gasteiger partial charge is 0.324 e. The van der Waals surface area contributed by atoms with Crippen LogP contribution in [0, 0.1) is 11.3 Å². The van der Waals surface area contributed by atoms with Crippen LogP contribution in [0.15, 0.2) is 53.6 Å². The lowest BCUT2D eigenvalue weighted by molar-refractivity contribution is -0.155. The minimum Gasteiger partial charge on any atom is -0.464 e. The molecular formula is C48H65N9O6S. The van der Waals surface area contributed by atoms with E-state index in [0.717, 1.165) is 50.2 Å². The number of thiazole rings is 1. The maximum Gasteiger partial charge on any atom is 0.324 e. The Kier molecular flexibility index (Phi) is 14.3. The Morgan fingerprint density at radius 2 is 1.97 bits per heavy atom. The molecule has 6 heterocycles. The number of nitrogens with two attached hydrogens (primary N) is 1. The van der Waals surface area contributed by atoms with Gasteiger partial charge in [-0.25, -0.2) is 15.2 Å². The monoisotopic (exact) mass is 895 g/mol. The second-order valence-corrected chi connectivity index (χ2v) is 19.5. The third-order valence-corrected chi connectivity index (χ3v) is 13.9. The number of rotatable bonds is 8. The predicted molar refractivity (Wildman–Crippen MR) is 249 cm³/mol. The van der Waals surface area contributed by atoms with Gasteiger partial charge in [-0.15, -0.1) is 11.3 Å².